The van der Waals surface area contributed by atoms with E-state index in [-0.39, 0.29) is 36.9 Å². The Labute approximate surface area is 231 Å². The van der Waals surface area contributed by atoms with Crippen molar-refractivity contribution in [2.24, 2.45) is 22.7 Å². The molecule has 0 spiro atoms. The van der Waals surface area contributed by atoms with Crippen LogP contribution in [-0.2, 0) is 20.5 Å². The summed E-state index contributed by atoms with van der Waals surface area (Å²) >= 11 is 5.89. The fourth-order valence-corrected chi connectivity index (χ4v) is 7.50. The number of ether oxygens (including phenoxy) is 2. The fourth-order valence-electron chi connectivity index (χ4n) is 7.39. The largest absolute Gasteiger partial charge is 0.478 e. The highest BCUT2D eigenvalue weighted by molar-refractivity contribution is 6.30. The molecular weight excluding hydrogens is 553 g/mol. The van der Waals surface area contributed by atoms with Gasteiger partial charge in [0.2, 0.25) is 17.3 Å². The molecule has 4 heterocycles. The molecule has 1 saturated carbocycles. The first-order valence-electron chi connectivity index (χ1n) is 12.7. The van der Waals surface area contributed by atoms with Gasteiger partial charge in [0.25, 0.3) is 5.91 Å². The number of fused-ring (bicyclic) bond motifs is 7. The molecule has 40 heavy (non-hydrogen) atoms. The number of alkyl halides is 3. The van der Waals surface area contributed by atoms with Gasteiger partial charge in [-0.2, -0.15) is 18.3 Å². The zero-order chi connectivity index (χ0) is 28.9. The lowest BCUT2D eigenvalue weighted by Gasteiger charge is -2.62. The number of amides is 2. The van der Waals surface area contributed by atoms with Crippen molar-refractivity contribution in [1.29, 1.82) is 5.53 Å². The minimum atomic E-state index is -4.82. The SMILES string of the molecule is CC12OC(CCOc3ccc(Cl)cn3)(CC3CC[C@@]31N)[C@@]1(N=N)C(=O)N(c3ccc(N)c(C(F)(F)F)c3)C(=O)C21. The maximum Gasteiger partial charge on any atom is 0.418 e. The topological polar surface area (TPSA) is 157 Å². The van der Waals surface area contributed by atoms with Gasteiger partial charge in [0.15, 0.2) is 0 Å². The minimum absolute atomic E-state index is 0.0133. The van der Waals surface area contributed by atoms with Gasteiger partial charge in [-0.15, -0.1) is 0 Å². The molecule has 0 radical (unpaired) electrons. The van der Waals surface area contributed by atoms with Gasteiger partial charge in [-0.3, -0.25) is 9.59 Å². The highest BCUT2D eigenvalue weighted by Crippen LogP contribution is 2.70. The van der Waals surface area contributed by atoms with Crippen LogP contribution in [-0.4, -0.2) is 45.7 Å². The number of anilines is 2. The predicted octanol–water partition coefficient (Wildman–Crippen LogP) is 4.10. The molecule has 14 heteroatoms. The second-order valence-electron chi connectivity index (χ2n) is 11.2. The Morgan fingerprint density at radius 3 is 2.65 bits per heavy atom. The number of nitrogen functional groups attached to an aromatic ring is 1. The molecule has 5 N–H and O–H groups in total. The van der Waals surface area contributed by atoms with E-state index >= 15 is 0 Å². The lowest BCUT2D eigenvalue weighted by atomic mass is 9.55. The van der Waals surface area contributed by atoms with Crippen molar-refractivity contribution in [2.45, 2.75) is 61.1 Å². The summed E-state index contributed by atoms with van der Waals surface area (Å²) in [5.74, 6) is -2.94. The maximum absolute atomic E-state index is 14.3. The Balaban J connectivity index is 1.44. The van der Waals surface area contributed by atoms with Crippen molar-refractivity contribution in [1.82, 2.24) is 4.98 Å². The molecule has 4 unspecified atom stereocenters. The molecule has 6 atom stereocenters. The summed E-state index contributed by atoms with van der Waals surface area (Å²) in [5, 5.41) is 4.24. The number of aromatic nitrogens is 1. The number of pyridine rings is 1. The van der Waals surface area contributed by atoms with Crippen LogP contribution in [0.25, 0.3) is 0 Å². The van der Waals surface area contributed by atoms with Crippen LogP contribution in [0.4, 0.5) is 24.5 Å². The maximum atomic E-state index is 14.3. The lowest BCUT2D eigenvalue weighted by molar-refractivity contribution is -0.236. The quantitative estimate of drug-likeness (QED) is 0.264. The number of rotatable bonds is 6. The molecule has 2 bridgehead atoms. The van der Waals surface area contributed by atoms with Gasteiger partial charge in [0.1, 0.15) is 11.5 Å². The van der Waals surface area contributed by atoms with Crippen molar-refractivity contribution in [3.63, 3.8) is 0 Å². The molecule has 1 aromatic heterocycles. The summed E-state index contributed by atoms with van der Waals surface area (Å²) in [6.07, 6.45) is -1.90. The third kappa shape index (κ3) is 3.22. The molecule has 3 saturated heterocycles. The Bertz CT molecular complexity index is 1440. The monoisotopic (exact) mass is 578 g/mol. The van der Waals surface area contributed by atoms with Crippen LogP contribution in [0.2, 0.25) is 5.02 Å². The minimum Gasteiger partial charge on any atom is -0.478 e. The molecular formula is C26H26ClF3N6O4. The number of imide groups is 1. The highest BCUT2D eigenvalue weighted by Gasteiger charge is 2.87. The van der Waals surface area contributed by atoms with E-state index in [9.17, 15) is 22.8 Å². The van der Waals surface area contributed by atoms with E-state index in [1.54, 1.807) is 19.1 Å². The number of nitrogens with one attached hydrogen (secondary N) is 1. The van der Waals surface area contributed by atoms with Gasteiger partial charge in [-0.1, -0.05) is 11.6 Å². The van der Waals surface area contributed by atoms with Crippen LogP contribution in [0, 0.1) is 17.4 Å². The van der Waals surface area contributed by atoms with Crippen molar-refractivity contribution in [2.75, 3.05) is 17.2 Å². The predicted molar refractivity (Wildman–Crippen MR) is 136 cm³/mol. The fraction of sp³-hybridized carbons (Fsp3) is 0.500. The summed E-state index contributed by atoms with van der Waals surface area (Å²) in [6, 6.07) is 5.99. The van der Waals surface area contributed by atoms with E-state index in [0.717, 1.165) is 12.5 Å². The molecule has 10 nitrogen and oxygen atoms in total. The van der Waals surface area contributed by atoms with Gasteiger partial charge in [-0.05, 0) is 56.4 Å². The van der Waals surface area contributed by atoms with Crippen LogP contribution < -0.4 is 21.1 Å². The summed E-state index contributed by atoms with van der Waals surface area (Å²) in [7, 11) is 0. The summed E-state index contributed by atoms with van der Waals surface area (Å²) in [4.78, 5) is 33.2. The highest BCUT2D eigenvalue weighted by atomic mass is 35.5. The van der Waals surface area contributed by atoms with Gasteiger partial charge >= 0.3 is 6.18 Å². The van der Waals surface area contributed by atoms with E-state index in [0.29, 0.717) is 22.4 Å². The van der Waals surface area contributed by atoms with Crippen LogP contribution in [0.15, 0.2) is 41.6 Å². The van der Waals surface area contributed by atoms with Gasteiger partial charge in [-0.25, -0.2) is 15.4 Å². The third-order valence-electron chi connectivity index (χ3n) is 9.44. The standard InChI is InChI=1S/C26H26ClF3N6O4/c1-22-19-20(37)36(15-3-4-17(31)16(10-15)26(28,29)30)21(38)25(19,35-33)23(40-22,11-13-6-7-24(13,22)32)8-9-39-18-5-2-14(27)12-34-18/h2-5,10,12-13,19,33H,6-9,11,31-32H2,1H3/t13?,19?,22?,23?,24-,25+/m1/s1. The van der Waals surface area contributed by atoms with E-state index in [1.807, 2.05) is 0 Å². The summed E-state index contributed by atoms with van der Waals surface area (Å²) in [5.41, 5.74) is 12.7. The van der Waals surface area contributed by atoms with Crippen LogP contribution in [0.3, 0.4) is 0 Å². The number of hydrogen-bond donors (Lipinski definition) is 3. The Hall–Kier alpha value is -3.29. The van der Waals surface area contributed by atoms with E-state index in [4.69, 9.17) is 38.1 Å². The van der Waals surface area contributed by atoms with Crippen molar-refractivity contribution in [3.05, 3.63) is 47.1 Å². The second kappa shape index (κ2) is 8.37. The molecule has 6 rings (SSSR count). The number of halogens is 4. The molecule has 212 valence electrons. The molecule has 4 fully saturated rings. The smallest absolute Gasteiger partial charge is 0.418 e. The average Bonchev–Trinajstić information content (AvgIpc) is 3.26. The van der Waals surface area contributed by atoms with Crippen molar-refractivity contribution < 1.29 is 32.2 Å². The Morgan fingerprint density at radius 2 is 2.05 bits per heavy atom. The van der Waals surface area contributed by atoms with Gasteiger partial charge in [0, 0.05) is 29.9 Å². The molecule has 1 aromatic carbocycles. The molecule has 2 aromatic rings. The third-order valence-corrected chi connectivity index (χ3v) is 9.66. The first kappa shape index (κ1) is 26.9. The Kier molecular flexibility index (Phi) is 5.63. The zero-order valence-electron chi connectivity index (χ0n) is 21.3. The van der Waals surface area contributed by atoms with E-state index in [2.05, 4.69) is 10.1 Å². The molecule has 2 amide bonds. The zero-order valence-corrected chi connectivity index (χ0v) is 22.1. The van der Waals surface area contributed by atoms with Gasteiger partial charge in [0.05, 0.1) is 28.5 Å². The van der Waals surface area contributed by atoms with Crippen LogP contribution >= 0.6 is 11.6 Å². The number of nitrogens with zero attached hydrogens (tertiary/aromatic N) is 3. The van der Waals surface area contributed by atoms with Crippen LogP contribution in [0.1, 0.15) is 38.2 Å². The number of carbonyl (C=O) groups excluding carboxylic acids is 2. The normalized spacial score (nSPS) is 36.2. The molecule has 1 aliphatic carbocycles. The second-order valence-corrected chi connectivity index (χ2v) is 11.6. The van der Waals surface area contributed by atoms with E-state index in [1.165, 1.54) is 12.3 Å². The molecule has 3 aliphatic heterocycles. The molecule has 4 aliphatic rings. The number of hydrogen-bond acceptors (Lipinski definition) is 9. The summed E-state index contributed by atoms with van der Waals surface area (Å²) < 4.78 is 53.4. The number of carbonyl (C=O) groups is 2. The first-order chi connectivity index (χ1) is 18.7. The van der Waals surface area contributed by atoms with Crippen molar-refractivity contribution in [3.8, 4) is 5.88 Å². The lowest BCUT2D eigenvalue weighted by Crippen LogP contribution is -2.74. The number of nitrogens with two attached hydrogens (primary N) is 2. The average molecular weight is 579 g/mol. The Morgan fingerprint density at radius 1 is 1.30 bits per heavy atom. The van der Waals surface area contributed by atoms with Crippen LogP contribution in [0.5, 0.6) is 5.88 Å². The number of benzene rings is 1. The van der Waals surface area contributed by atoms with Gasteiger partial charge < -0.3 is 20.9 Å². The van der Waals surface area contributed by atoms with Crippen molar-refractivity contribution >= 4 is 34.8 Å². The first-order valence-corrected chi connectivity index (χ1v) is 13.1. The summed E-state index contributed by atoms with van der Waals surface area (Å²) in [6.45, 7) is 1.63. The van der Waals surface area contributed by atoms with E-state index < -0.39 is 57.4 Å².